The van der Waals surface area contributed by atoms with Gasteiger partial charge in [0.2, 0.25) is 0 Å². The molecule has 0 aliphatic rings. The van der Waals surface area contributed by atoms with Crippen LogP contribution >= 0.6 is 15.9 Å². The first-order valence-corrected chi connectivity index (χ1v) is 7.81. The summed E-state index contributed by atoms with van der Waals surface area (Å²) in [6.07, 6.45) is 0.905. The molecule has 1 N–H and O–H groups in total. The molecule has 0 heterocycles. The first-order valence-electron chi connectivity index (χ1n) is 7.02. The summed E-state index contributed by atoms with van der Waals surface area (Å²) in [5.41, 5.74) is 1.86. The average Bonchev–Trinajstić information content (AvgIpc) is 2.50. The highest BCUT2D eigenvalue weighted by atomic mass is 79.9. The summed E-state index contributed by atoms with van der Waals surface area (Å²) in [5, 5.41) is 3.36. The number of ether oxygens (including phenoxy) is 1. The van der Waals surface area contributed by atoms with Crippen LogP contribution in [-0.4, -0.2) is 13.2 Å². The molecule has 2 nitrogen and oxygen atoms in total. The van der Waals surface area contributed by atoms with Crippen LogP contribution in [0, 0.1) is 5.82 Å². The van der Waals surface area contributed by atoms with E-state index in [1.54, 1.807) is 12.1 Å². The van der Waals surface area contributed by atoms with Crippen LogP contribution in [0.3, 0.4) is 0 Å². The van der Waals surface area contributed by atoms with Crippen molar-refractivity contribution in [1.82, 2.24) is 5.32 Å². The first-order chi connectivity index (χ1) is 10.3. The van der Waals surface area contributed by atoms with Gasteiger partial charge in [0, 0.05) is 23.2 Å². The Bertz CT molecular complexity index is 548. The maximum Gasteiger partial charge on any atom is 0.128 e. The van der Waals surface area contributed by atoms with Crippen molar-refractivity contribution in [1.29, 1.82) is 0 Å². The SMILES string of the molecule is Fc1ccc(Br)cc1COCCCNCc1ccccc1. The van der Waals surface area contributed by atoms with Crippen LogP contribution in [0.5, 0.6) is 0 Å². The van der Waals surface area contributed by atoms with Gasteiger partial charge in [-0.3, -0.25) is 0 Å². The Kier molecular flexibility index (Phi) is 6.86. The van der Waals surface area contributed by atoms with Crippen LogP contribution in [-0.2, 0) is 17.9 Å². The van der Waals surface area contributed by atoms with Crippen molar-refractivity contribution in [2.24, 2.45) is 0 Å². The average molecular weight is 352 g/mol. The van der Waals surface area contributed by atoms with Crippen molar-refractivity contribution in [3.63, 3.8) is 0 Å². The summed E-state index contributed by atoms with van der Waals surface area (Å²) in [7, 11) is 0. The molecule has 0 aliphatic carbocycles. The van der Waals surface area contributed by atoms with Crippen molar-refractivity contribution in [2.75, 3.05) is 13.2 Å². The van der Waals surface area contributed by atoms with Crippen molar-refractivity contribution in [3.05, 3.63) is 69.9 Å². The topological polar surface area (TPSA) is 21.3 Å². The Morgan fingerprint density at radius 3 is 2.71 bits per heavy atom. The van der Waals surface area contributed by atoms with Crippen LogP contribution in [0.1, 0.15) is 17.5 Å². The van der Waals surface area contributed by atoms with Gasteiger partial charge in [-0.05, 0) is 36.7 Å². The minimum Gasteiger partial charge on any atom is -0.377 e. The lowest BCUT2D eigenvalue weighted by Gasteiger charge is -2.07. The molecule has 0 amide bonds. The highest BCUT2D eigenvalue weighted by Gasteiger charge is 2.02. The Morgan fingerprint density at radius 1 is 1.10 bits per heavy atom. The van der Waals surface area contributed by atoms with Crippen LogP contribution in [0.2, 0.25) is 0 Å². The molecule has 0 radical (unpaired) electrons. The van der Waals surface area contributed by atoms with Gasteiger partial charge >= 0.3 is 0 Å². The summed E-state index contributed by atoms with van der Waals surface area (Å²) in [6, 6.07) is 15.2. The van der Waals surface area contributed by atoms with E-state index in [1.807, 2.05) is 18.2 Å². The van der Waals surface area contributed by atoms with Crippen LogP contribution < -0.4 is 5.32 Å². The van der Waals surface area contributed by atoms with Crippen molar-refractivity contribution in [3.8, 4) is 0 Å². The summed E-state index contributed by atoms with van der Waals surface area (Å²) in [5.74, 6) is -0.222. The normalized spacial score (nSPS) is 10.8. The summed E-state index contributed by atoms with van der Waals surface area (Å²) in [6.45, 7) is 2.68. The largest absolute Gasteiger partial charge is 0.377 e. The number of rotatable bonds is 8. The van der Waals surface area contributed by atoms with Crippen molar-refractivity contribution >= 4 is 15.9 Å². The molecule has 0 aliphatic heterocycles. The van der Waals surface area contributed by atoms with E-state index < -0.39 is 0 Å². The summed E-state index contributed by atoms with van der Waals surface area (Å²) >= 11 is 3.33. The first kappa shape index (κ1) is 16.1. The summed E-state index contributed by atoms with van der Waals surface area (Å²) in [4.78, 5) is 0. The second kappa shape index (κ2) is 8.93. The van der Waals surface area contributed by atoms with Gasteiger partial charge in [-0.25, -0.2) is 4.39 Å². The number of hydrogen-bond donors (Lipinski definition) is 1. The lowest BCUT2D eigenvalue weighted by atomic mass is 10.2. The molecule has 0 atom stereocenters. The van der Waals surface area contributed by atoms with Crippen LogP contribution in [0.4, 0.5) is 4.39 Å². The van der Waals surface area contributed by atoms with E-state index in [2.05, 4.69) is 33.4 Å². The Morgan fingerprint density at radius 2 is 1.90 bits per heavy atom. The third-order valence-electron chi connectivity index (χ3n) is 3.08. The zero-order valence-electron chi connectivity index (χ0n) is 11.8. The highest BCUT2D eigenvalue weighted by molar-refractivity contribution is 9.10. The molecule has 0 fully saturated rings. The van der Waals surface area contributed by atoms with E-state index in [-0.39, 0.29) is 5.82 Å². The predicted octanol–water partition coefficient (Wildman–Crippen LogP) is 4.28. The van der Waals surface area contributed by atoms with Gasteiger partial charge in [-0.1, -0.05) is 46.3 Å². The molecule has 4 heteroatoms. The maximum absolute atomic E-state index is 13.5. The zero-order valence-corrected chi connectivity index (χ0v) is 13.4. The van der Waals surface area contributed by atoms with Gasteiger partial charge < -0.3 is 10.1 Å². The number of nitrogens with one attached hydrogen (secondary N) is 1. The molecule has 0 unspecified atom stereocenters. The van der Waals surface area contributed by atoms with Gasteiger partial charge in [-0.2, -0.15) is 0 Å². The quantitative estimate of drug-likeness (QED) is 0.716. The lowest BCUT2D eigenvalue weighted by Crippen LogP contribution is -2.16. The Labute approximate surface area is 133 Å². The molecule has 0 saturated carbocycles. The monoisotopic (exact) mass is 351 g/mol. The molecule has 2 aromatic rings. The molecule has 2 rings (SSSR count). The standard InChI is InChI=1S/C17H19BrFNO/c18-16-7-8-17(19)15(11-16)13-21-10-4-9-20-12-14-5-2-1-3-6-14/h1-3,5-8,11,20H,4,9-10,12-13H2. The fourth-order valence-electron chi connectivity index (χ4n) is 1.96. The summed E-state index contributed by atoms with van der Waals surface area (Å²) < 4.78 is 19.8. The number of hydrogen-bond acceptors (Lipinski definition) is 2. The lowest BCUT2D eigenvalue weighted by molar-refractivity contribution is 0.116. The smallest absolute Gasteiger partial charge is 0.128 e. The predicted molar refractivity (Wildman–Crippen MR) is 86.5 cm³/mol. The van der Waals surface area contributed by atoms with Gasteiger partial charge in [0.1, 0.15) is 5.82 Å². The minimum atomic E-state index is -0.222. The zero-order chi connectivity index (χ0) is 14.9. The number of halogens is 2. The molecule has 0 bridgehead atoms. The fraction of sp³-hybridized carbons (Fsp3) is 0.294. The Hall–Kier alpha value is -1.23. The molecule has 0 saturated heterocycles. The van der Waals surface area contributed by atoms with E-state index in [0.29, 0.717) is 18.8 Å². The third-order valence-corrected chi connectivity index (χ3v) is 3.57. The molecule has 0 spiro atoms. The van der Waals surface area contributed by atoms with Crippen molar-refractivity contribution < 1.29 is 9.13 Å². The van der Waals surface area contributed by atoms with Crippen molar-refractivity contribution in [2.45, 2.75) is 19.6 Å². The van der Waals surface area contributed by atoms with Gasteiger partial charge in [0.05, 0.1) is 6.61 Å². The van der Waals surface area contributed by atoms with E-state index in [9.17, 15) is 4.39 Å². The number of benzene rings is 2. The van der Waals surface area contributed by atoms with Crippen LogP contribution in [0.25, 0.3) is 0 Å². The van der Waals surface area contributed by atoms with E-state index in [1.165, 1.54) is 11.6 Å². The molecular weight excluding hydrogens is 333 g/mol. The van der Waals surface area contributed by atoms with Gasteiger partial charge in [0.15, 0.2) is 0 Å². The molecule has 0 aromatic heterocycles. The molecular formula is C17H19BrFNO. The second-order valence-electron chi connectivity index (χ2n) is 4.80. The minimum absolute atomic E-state index is 0.222. The van der Waals surface area contributed by atoms with Crippen LogP contribution in [0.15, 0.2) is 53.0 Å². The third kappa shape index (κ3) is 5.96. The van der Waals surface area contributed by atoms with E-state index in [0.717, 1.165) is 24.0 Å². The molecule has 2 aromatic carbocycles. The van der Waals surface area contributed by atoms with E-state index >= 15 is 0 Å². The fourth-order valence-corrected chi connectivity index (χ4v) is 2.37. The molecule has 112 valence electrons. The second-order valence-corrected chi connectivity index (χ2v) is 5.72. The van der Waals surface area contributed by atoms with Gasteiger partial charge in [-0.15, -0.1) is 0 Å². The Balaban J connectivity index is 1.57. The maximum atomic E-state index is 13.5. The highest BCUT2D eigenvalue weighted by Crippen LogP contribution is 2.16. The van der Waals surface area contributed by atoms with Gasteiger partial charge in [0.25, 0.3) is 0 Å². The van der Waals surface area contributed by atoms with E-state index in [4.69, 9.17) is 4.74 Å². The molecule has 21 heavy (non-hydrogen) atoms.